The molecule has 2 heterocycles. The topological polar surface area (TPSA) is 63.4 Å². The summed E-state index contributed by atoms with van der Waals surface area (Å²) in [5, 5.41) is 0.750. The van der Waals surface area contributed by atoms with Gasteiger partial charge in [0.2, 0.25) is 0 Å². The number of benzene rings is 1. The Balaban J connectivity index is 1.70. The first-order chi connectivity index (χ1) is 11.7. The zero-order chi connectivity index (χ0) is 16.5. The number of carbonyl (C=O) groups is 1. The third-order valence-electron chi connectivity index (χ3n) is 4.22. The lowest BCUT2D eigenvalue weighted by atomic mass is 10.1. The van der Waals surface area contributed by atoms with Crippen LogP contribution in [0.15, 0.2) is 64.1 Å². The highest BCUT2D eigenvalue weighted by molar-refractivity contribution is 5.97. The van der Waals surface area contributed by atoms with E-state index in [0.717, 1.165) is 23.8 Å². The number of hydrogen-bond donors (Lipinski definition) is 0. The molecular formula is C19H16N2O3. The molecule has 5 heteroatoms. The van der Waals surface area contributed by atoms with Crippen LogP contribution in [0.5, 0.6) is 0 Å². The van der Waals surface area contributed by atoms with E-state index in [1.165, 1.54) is 0 Å². The standard InChI is InChI=1S/C19H16N2O3/c22-18(16-11-14-3-1-2-4-17(14)24-19(16)23)21(15-5-6-15)12-13-7-9-20-10-8-13/h1-4,7-11,15H,5-6,12H2. The van der Waals surface area contributed by atoms with Crippen molar-refractivity contribution in [3.05, 3.63) is 76.4 Å². The average molecular weight is 320 g/mol. The van der Waals surface area contributed by atoms with E-state index < -0.39 is 5.63 Å². The summed E-state index contributed by atoms with van der Waals surface area (Å²) in [7, 11) is 0. The molecule has 5 nitrogen and oxygen atoms in total. The minimum Gasteiger partial charge on any atom is -0.422 e. The van der Waals surface area contributed by atoms with Crippen LogP contribution in [0.2, 0.25) is 0 Å². The van der Waals surface area contributed by atoms with E-state index in [2.05, 4.69) is 4.98 Å². The van der Waals surface area contributed by atoms with Crippen molar-refractivity contribution in [1.82, 2.24) is 9.88 Å². The zero-order valence-electron chi connectivity index (χ0n) is 13.0. The highest BCUT2D eigenvalue weighted by Gasteiger charge is 2.34. The number of rotatable bonds is 4. The molecule has 24 heavy (non-hydrogen) atoms. The van der Waals surface area contributed by atoms with Gasteiger partial charge in [0.1, 0.15) is 11.1 Å². The smallest absolute Gasteiger partial charge is 0.349 e. The monoisotopic (exact) mass is 320 g/mol. The molecule has 2 aromatic heterocycles. The lowest BCUT2D eigenvalue weighted by molar-refractivity contribution is 0.0725. The molecule has 1 fully saturated rings. The van der Waals surface area contributed by atoms with E-state index in [0.29, 0.717) is 12.1 Å². The van der Waals surface area contributed by atoms with E-state index in [-0.39, 0.29) is 17.5 Å². The highest BCUT2D eigenvalue weighted by atomic mass is 16.4. The predicted molar refractivity (Wildman–Crippen MR) is 89.6 cm³/mol. The van der Waals surface area contributed by atoms with Gasteiger partial charge in [-0.15, -0.1) is 0 Å². The van der Waals surface area contributed by atoms with E-state index in [1.807, 2.05) is 24.3 Å². The minimum atomic E-state index is -0.584. The van der Waals surface area contributed by atoms with Gasteiger partial charge in [-0.1, -0.05) is 18.2 Å². The third kappa shape index (κ3) is 2.80. The number of aromatic nitrogens is 1. The van der Waals surface area contributed by atoms with Gasteiger partial charge in [0, 0.05) is 30.4 Å². The second-order valence-corrected chi connectivity index (χ2v) is 6.01. The summed E-state index contributed by atoms with van der Waals surface area (Å²) >= 11 is 0. The van der Waals surface area contributed by atoms with Crippen LogP contribution in [0.3, 0.4) is 0 Å². The molecule has 1 amide bonds. The quantitative estimate of drug-likeness (QED) is 0.693. The van der Waals surface area contributed by atoms with Gasteiger partial charge in [-0.3, -0.25) is 9.78 Å². The molecule has 0 saturated heterocycles. The Kier molecular flexibility index (Phi) is 3.61. The van der Waals surface area contributed by atoms with Gasteiger partial charge in [0.15, 0.2) is 0 Å². The van der Waals surface area contributed by atoms with Crippen molar-refractivity contribution < 1.29 is 9.21 Å². The summed E-state index contributed by atoms with van der Waals surface area (Å²) < 4.78 is 5.30. The molecule has 0 N–H and O–H groups in total. The number of amides is 1. The van der Waals surface area contributed by atoms with Gasteiger partial charge in [0.05, 0.1) is 0 Å². The Labute approximate surface area is 138 Å². The molecule has 0 atom stereocenters. The SMILES string of the molecule is O=C(c1cc2ccccc2oc1=O)N(Cc1ccncc1)C1CC1. The van der Waals surface area contributed by atoms with E-state index >= 15 is 0 Å². The number of pyridine rings is 1. The number of nitrogens with zero attached hydrogens (tertiary/aromatic N) is 2. The molecule has 1 aliphatic carbocycles. The highest BCUT2D eigenvalue weighted by Crippen LogP contribution is 2.29. The van der Waals surface area contributed by atoms with Crippen molar-refractivity contribution in [3.8, 4) is 0 Å². The molecule has 0 unspecified atom stereocenters. The summed E-state index contributed by atoms with van der Waals surface area (Å²) in [6, 6.07) is 12.8. The molecule has 0 aliphatic heterocycles. The van der Waals surface area contributed by atoms with Gasteiger partial charge in [-0.2, -0.15) is 0 Å². The molecule has 3 aromatic rings. The van der Waals surface area contributed by atoms with Gasteiger partial charge in [-0.05, 0) is 42.7 Å². The number of carbonyl (C=O) groups excluding carboxylic acids is 1. The number of fused-ring (bicyclic) bond motifs is 1. The van der Waals surface area contributed by atoms with Crippen LogP contribution >= 0.6 is 0 Å². The first kappa shape index (κ1) is 14.6. The lowest BCUT2D eigenvalue weighted by Crippen LogP contribution is -2.35. The first-order valence-corrected chi connectivity index (χ1v) is 7.95. The summed E-state index contributed by atoms with van der Waals surface area (Å²) in [4.78, 5) is 31.0. The third-order valence-corrected chi connectivity index (χ3v) is 4.22. The van der Waals surface area contributed by atoms with Crippen LogP contribution in [0, 0.1) is 0 Å². The second kappa shape index (κ2) is 5.92. The Morgan fingerprint density at radius 3 is 2.67 bits per heavy atom. The molecule has 120 valence electrons. The van der Waals surface area contributed by atoms with Gasteiger partial charge >= 0.3 is 5.63 Å². The largest absolute Gasteiger partial charge is 0.422 e. The van der Waals surface area contributed by atoms with Crippen molar-refractivity contribution >= 4 is 16.9 Å². The summed E-state index contributed by atoms with van der Waals surface area (Å²) in [5.74, 6) is -0.270. The molecular weight excluding hydrogens is 304 g/mol. The lowest BCUT2D eigenvalue weighted by Gasteiger charge is -2.22. The molecule has 1 aliphatic rings. The summed E-state index contributed by atoms with van der Waals surface area (Å²) in [5.41, 5.74) is 0.996. The Bertz CT molecular complexity index is 945. The fourth-order valence-corrected chi connectivity index (χ4v) is 2.80. The maximum atomic E-state index is 12.9. The van der Waals surface area contributed by atoms with Crippen LogP contribution in [0.4, 0.5) is 0 Å². The fraction of sp³-hybridized carbons (Fsp3) is 0.211. The van der Waals surface area contributed by atoms with Crippen molar-refractivity contribution in [2.75, 3.05) is 0 Å². The molecule has 0 radical (unpaired) electrons. The minimum absolute atomic E-state index is 0.0923. The average Bonchev–Trinajstić information content (AvgIpc) is 3.44. The maximum absolute atomic E-state index is 12.9. The second-order valence-electron chi connectivity index (χ2n) is 6.01. The first-order valence-electron chi connectivity index (χ1n) is 7.95. The van der Waals surface area contributed by atoms with Gasteiger partial charge in [0.25, 0.3) is 5.91 Å². The molecule has 4 rings (SSSR count). The van der Waals surface area contributed by atoms with Crippen molar-refractivity contribution in [3.63, 3.8) is 0 Å². The van der Waals surface area contributed by atoms with Gasteiger partial charge < -0.3 is 9.32 Å². The molecule has 0 bridgehead atoms. The van der Waals surface area contributed by atoms with Crippen LogP contribution in [0.25, 0.3) is 11.0 Å². The van der Waals surface area contributed by atoms with Crippen LogP contribution < -0.4 is 5.63 Å². The summed E-state index contributed by atoms with van der Waals surface area (Å²) in [6.07, 6.45) is 5.34. The van der Waals surface area contributed by atoms with Crippen LogP contribution in [-0.2, 0) is 6.54 Å². The normalized spacial score (nSPS) is 13.8. The van der Waals surface area contributed by atoms with E-state index in [4.69, 9.17) is 4.42 Å². The van der Waals surface area contributed by atoms with Crippen molar-refractivity contribution in [2.24, 2.45) is 0 Å². The van der Waals surface area contributed by atoms with Crippen molar-refractivity contribution in [2.45, 2.75) is 25.4 Å². The van der Waals surface area contributed by atoms with Crippen LogP contribution in [-0.4, -0.2) is 21.8 Å². The number of para-hydroxylation sites is 1. The maximum Gasteiger partial charge on any atom is 0.349 e. The fourth-order valence-electron chi connectivity index (χ4n) is 2.80. The molecule has 1 aromatic carbocycles. The number of hydrogen-bond acceptors (Lipinski definition) is 4. The van der Waals surface area contributed by atoms with Crippen LogP contribution in [0.1, 0.15) is 28.8 Å². The molecule has 0 spiro atoms. The summed E-state index contributed by atoms with van der Waals surface area (Å²) in [6.45, 7) is 0.471. The molecule has 1 saturated carbocycles. The Morgan fingerprint density at radius 2 is 1.92 bits per heavy atom. The van der Waals surface area contributed by atoms with Gasteiger partial charge in [-0.25, -0.2) is 4.79 Å². The zero-order valence-corrected chi connectivity index (χ0v) is 13.0. The van der Waals surface area contributed by atoms with E-state index in [1.54, 1.807) is 35.5 Å². The van der Waals surface area contributed by atoms with Crippen molar-refractivity contribution in [1.29, 1.82) is 0 Å². The Hall–Kier alpha value is -2.95. The predicted octanol–water partition coefficient (Wildman–Crippen LogP) is 2.99. The van der Waals surface area contributed by atoms with E-state index in [9.17, 15) is 9.59 Å². The Morgan fingerprint density at radius 1 is 1.17 bits per heavy atom.